The minimum absolute atomic E-state index is 0.565. The van der Waals surface area contributed by atoms with E-state index in [1.165, 1.54) is 0 Å². The smallest absolute Gasteiger partial charge is 0.224 e. The average molecular weight is 252 g/mol. The molecule has 0 radical (unpaired) electrons. The molecule has 0 saturated carbocycles. The van der Waals surface area contributed by atoms with Crippen molar-refractivity contribution in [2.75, 3.05) is 0 Å². The zero-order valence-corrected chi connectivity index (χ0v) is 7.83. The topological polar surface area (TPSA) is 139 Å². The molecule has 0 saturated heterocycles. The molecule has 13 heavy (non-hydrogen) atoms. The van der Waals surface area contributed by atoms with Crippen LogP contribution >= 0.6 is 22.1 Å². The molecule has 0 amide bonds. The molecule has 0 rings (SSSR count). The fourth-order valence-corrected chi connectivity index (χ4v) is 1.87. The lowest BCUT2D eigenvalue weighted by Gasteiger charge is -1.96. The maximum atomic E-state index is 10.5. The van der Waals surface area contributed by atoms with Gasteiger partial charge in [0.1, 0.15) is 0 Å². The second-order valence-corrected chi connectivity index (χ2v) is 6.61. The molecule has 0 atom stereocenters. The summed E-state index contributed by atoms with van der Waals surface area (Å²) in [6.45, 7) is 0. The molecule has 0 unspecified atom stereocenters. The lowest BCUT2D eigenvalue weighted by Crippen LogP contribution is -1.99. The molecule has 0 aromatic carbocycles. The number of hydrogen-bond donors (Lipinski definition) is 0. The van der Waals surface area contributed by atoms with Crippen molar-refractivity contribution < 1.29 is 27.2 Å². The van der Waals surface area contributed by atoms with E-state index in [4.69, 9.17) is 0 Å². The summed E-state index contributed by atoms with van der Waals surface area (Å²) in [4.78, 5) is 19.0. The van der Waals surface area contributed by atoms with E-state index in [2.05, 4.69) is 8.57 Å². The van der Waals surface area contributed by atoms with Crippen LogP contribution in [0.3, 0.4) is 0 Å². The van der Waals surface area contributed by atoms with Gasteiger partial charge in [-0.05, 0) is 0 Å². The normalized spacial score (nSPS) is 10.5. The maximum absolute atomic E-state index is 10.5. The summed E-state index contributed by atoms with van der Waals surface area (Å²) in [6, 6.07) is 0. The second kappa shape index (κ2) is 4.93. The van der Waals surface area contributed by atoms with Gasteiger partial charge in [0.2, 0.25) is 0 Å². The quantitative estimate of drug-likeness (QED) is 0.273. The monoisotopic (exact) mass is 252 g/mol. The highest BCUT2D eigenvalue weighted by atomic mass is 33.5. The van der Waals surface area contributed by atoms with Crippen LogP contribution in [0.1, 0.15) is 0 Å². The third kappa shape index (κ3) is 7.41. The summed E-state index contributed by atoms with van der Waals surface area (Å²) in [6.07, 6.45) is 0. The van der Waals surface area contributed by atoms with Crippen molar-refractivity contribution in [3.8, 4) is 0 Å². The maximum Gasteiger partial charge on any atom is 0.307 e. The Hall–Kier alpha value is -0.950. The SMILES string of the molecule is O=[N+]([O-])OSS(=O)(=O)SO[N+](=O)[O-]. The van der Waals surface area contributed by atoms with Crippen LogP contribution < -0.4 is 0 Å². The summed E-state index contributed by atoms with van der Waals surface area (Å²) >= 11 is -1.13. The first kappa shape index (κ1) is 12.0. The molecule has 76 valence electrons. The van der Waals surface area contributed by atoms with Crippen molar-refractivity contribution in [3.63, 3.8) is 0 Å². The van der Waals surface area contributed by atoms with E-state index in [1.807, 2.05) is 0 Å². The lowest BCUT2D eigenvalue weighted by molar-refractivity contribution is -0.707. The fraction of sp³-hybridized carbons (Fsp3) is 0. The van der Waals surface area contributed by atoms with Gasteiger partial charge in [-0.25, -0.2) is 17.0 Å². The molecule has 0 aromatic heterocycles. The Labute approximate surface area is 77.9 Å². The van der Waals surface area contributed by atoms with Gasteiger partial charge < -0.3 is 0 Å². The molecule has 0 heterocycles. The highest BCUT2D eigenvalue weighted by molar-refractivity contribution is 9.02. The van der Waals surface area contributed by atoms with Gasteiger partial charge in [0.05, 0.1) is 0 Å². The van der Waals surface area contributed by atoms with Crippen LogP contribution in [-0.2, 0) is 16.5 Å². The Balaban J connectivity index is 3.95. The van der Waals surface area contributed by atoms with Gasteiger partial charge in [-0.15, -0.1) is 20.2 Å². The van der Waals surface area contributed by atoms with E-state index in [9.17, 15) is 28.6 Å². The zero-order chi connectivity index (χ0) is 10.5. The van der Waals surface area contributed by atoms with Gasteiger partial charge in [-0.2, -0.15) is 0 Å². The third-order valence-corrected chi connectivity index (χ3v) is 3.41. The number of nitrogens with zero attached hydrogens (tertiary/aromatic N) is 2. The molecule has 0 aliphatic rings. The summed E-state index contributed by atoms with van der Waals surface area (Å²) in [5.74, 6) is 0. The molecular weight excluding hydrogens is 252 g/mol. The van der Waals surface area contributed by atoms with Crippen LogP contribution in [0, 0.1) is 20.2 Å². The molecule has 0 fully saturated rings. The predicted molar refractivity (Wildman–Crippen MR) is 40.3 cm³/mol. The summed E-state index contributed by atoms with van der Waals surface area (Å²) in [5, 5.41) is 16.2. The van der Waals surface area contributed by atoms with E-state index < -0.39 is 40.2 Å². The molecule has 0 spiro atoms. The summed E-state index contributed by atoms with van der Waals surface area (Å²) in [5.41, 5.74) is 0. The van der Waals surface area contributed by atoms with Gasteiger partial charge in [0.25, 0.3) is 0 Å². The molecule has 0 aliphatic carbocycles. The van der Waals surface area contributed by atoms with Crippen LogP contribution in [0.2, 0.25) is 0 Å². The molecule has 0 aliphatic heterocycles. The van der Waals surface area contributed by atoms with Gasteiger partial charge in [-0.1, -0.05) is 0 Å². The molecule has 0 bridgehead atoms. The van der Waals surface area contributed by atoms with Crippen molar-refractivity contribution in [1.82, 2.24) is 0 Å². The van der Waals surface area contributed by atoms with Gasteiger partial charge in [0, 0.05) is 0 Å². The highest BCUT2D eigenvalue weighted by Crippen LogP contribution is 2.27. The number of hydrogen-bond acceptors (Lipinski definition) is 10. The molecular formula is N2O8S3. The van der Waals surface area contributed by atoms with Crippen molar-refractivity contribution in [2.45, 2.75) is 0 Å². The van der Waals surface area contributed by atoms with E-state index in [1.54, 1.807) is 0 Å². The standard InChI is InChI=1S/N2O8S3/c3-1(4)9-11-13(7,8)12-10-2(5)6. The summed E-state index contributed by atoms with van der Waals surface area (Å²) < 4.78 is 27.7. The van der Waals surface area contributed by atoms with E-state index in [-0.39, 0.29) is 0 Å². The highest BCUT2D eigenvalue weighted by Gasteiger charge is 2.19. The van der Waals surface area contributed by atoms with E-state index in [0.29, 0.717) is 0 Å². The van der Waals surface area contributed by atoms with Crippen LogP contribution in [0.15, 0.2) is 0 Å². The minimum Gasteiger partial charge on any atom is -0.224 e. The fourth-order valence-electron chi connectivity index (χ4n) is 0.136. The molecule has 10 nitrogen and oxygen atoms in total. The van der Waals surface area contributed by atoms with Crippen molar-refractivity contribution in [2.24, 2.45) is 0 Å². The first-order valence-corrected chi connectivity index (χ1v) is 6.10. The average Bonchev–Trinajstić information content (AvgIpc) is 1.98. The second-order valence-electron chi connectivity index (χ2n) is 1.14. The first-order chi connectivity index (χ1) is 5.83. The van der Waals surface area contributed by atoms with Gasteiger partial charge >= 0.3 is 18.1 Å². The summed E-state index contributed by atoms with van der Waals surface area (Å²) in [7, 11) is -4.27. The largest absolute Gasteiger partial charge is 0.307 e. The Bertz CT molecular complexity index is 267. The lowest BCUT2D eigenvalue weighted by atomic mass is 13.1. The van der Waals surface area contributed by atoms with Crippen molar-refractivity contribution in [1.29, 1.82) is 0 Å². The van der Waals surface area contributed by atoms with E-state index in [0.717, 1.165) is 0 Å². The Morgan fingerprint density at radius 1 is 1.00 bits per heavy atom. The van der Waals surface area contributed by atoms with Crippen molar-refractivity contribution >= 4 is 30.1 Å². The molecule has 0 aromatic rings. The van der Waals surface area contributed by atoms with Gasteiger partial charge in [0.15, 0.2) is 22.1 Å². The van der Waals surface area contributed by atoms with Crippen LogP contribution in [0.4, 0.5) is 0 Å². The van der Waals surface area contributed by atoms with E-state index >= 15 is 0 Å². The molecule has 0 N–H and O–H groups in total. The minimum atomic E-state index is -4.27. The predicted octanol–water partition coefficient (Wildman–Crippen LogP) is -0.0558. The first-order valence-electron chi connectivity index (χ1n) is 2.10. The van der Waals surface area contributed by atoms with Crippen LogP contribution in [0.25, 0.3) is 0 Å². The van der Waals surface area contributed by atoms with Crippen molar-refractivity contribution in [3.05, 3.63) is 20.2 Å². The van der Waals surface area contributed by atoms with Gasteiger partial charge in [-0.3, -0.25) is 0 Å². The Kier molecular flexibility index (Phi) is 4.57. The Morgan fingerprint density at radius 3 is 1.54 bits per heavy atom. The van der Waals surface area contributed by atoms with Crippen LogP contribution in [0.5, 0.6) is 0 Å². The number of rotatable bonds is 6. The Morgan fingerprint density at radius 2 is 1.31 bits per heavy atom. The van der Waals surface area contributed by atoms with Crippen LogP contribution in [-0.4, -0.2) is 18.6 Å². The zero-order valence-electron chi connectivity index (χ0n) is 5.39. The third-order valence-electron chi connectivity index (χ3n) is 0.349. The molecule has 13 heteroatoms.